The summed E-state index contributed by atoms with van der Waals surface area (Å²) in [6.45, 7) is 10.1. The lowest BCUT2D eigenvalue weighted by atomic mass is 10.2. The van der Waals surface area contributed by atoms with Crippen LogP contribution in [-0.2, 0) is 9.53 Å². The molecule has 2 amide bonds. The molecule has 0 bridgehead atoms. The number of nitrogens with zero attached hydrogens (tertiary/aromatic N) is 1. The Labute approximate surface area is 137 Å². The van der Waals surface area contributed by atoms with E-state index in [0.717, 1.165) is 11.4 Å². The Morgan fingerprint density at radius 1 is 1.17 bits per heavy atom. The second-order valence-electron chi connectivity index (χ2n) is 6.03. The highest BCUT2D eigenvalue weighted by Crippen LogP contribution is 2.19. The standard InChI is InChI=1S/C17H26N2O4/c1-6-22-15-9-7-14(8-10-15)19(13(2)20)12-11-18-16(21)23-17(3,4)5/h7-10H,6,11-12H2,1-5H3,(H,18,21). The maximum atomic E-state index is 11.8. The Morgan fingerprint density at radius 2 is 1.78 bits per heavy atom. The number of anilines is 1. The van der Waals surface area contributed by atoms with E-state index in [4.69, 9.17) is 9.47 Å². The van der Waals surface area contributed by atoms with Crippen LogP contribution in [0.25, 0.3) is 0 Å². The van der Waals surface area contributed by atoms with E-state index in [0.29, 0.717) is 19.7 Å². The van der Waals surface area contributed by atoms with Crippen molar-refractivity contribution in [1.82, 2.24) is 5.32 Å². The number of carbonyl (C=O) groups is 2. The molecule has 0 radical (unpaired) electrons. The molecule has 0 atom stereocenters. The first kappa shape index (κ1) is 18.8. The topological polar surface area (TPSA) is 67.9 Å². The SMILES string of the molecule is CCOc1ccc(N(CCNC(=O)OC(C)(C)C)C(C)=O)cc1. The van der Waals surface area contributed by atoms with Gasteiger partial charge in [0.15, 0.2) is 0 Å². The Hall–Kier alpha value is -2.24. The van der Waals surface area contributed by atoms with Crippen LogP contribution in [0.15, 0.2) is 24.3 Å². The van der Waals surface area contributed by atoms with Crippen LogP contribution in [0.5, 0.6) is 5.75 Å². The summed E-state index contributed by atoms with van der Waals surface area (Å²) in [5.74, 6) is 0.659. The molecule has 0 unspecified atom stereocenters. The van der Waals surface area contributed by atoms with Crippen LogP contribution < -0.4 is 15.0 Å². The van der Waals surface area contributed by atoms with Gasteiger partial charge in [-0.3, -0.25) is 4.79 Å². The number of hydrogen-bond acceptors (Lipinski definition) is 4. The molecular formula is C17H26N2O4. The molecule has 6 nitrogen and oxygen atoms in total. The third-order valence-electron chi connectivity index (χ3n) is 2.84. The molecule has 0 saturated heterocycles. The Morgan fingerprint density at radius 3 is 2.26 bits per heavy atom. The number of rotatable bonds is 6. The van der Waals surface area contributed by atoms with Gasteiger partial charge in [-0.25, -0.2) is 4.79 Å². The molecule has 0 aromatic heterocycles. The molecule has 0 spiro atoms. The largest absolute Gasteiger partial charge is 0.494 e. The van der Waals surface area contributed by atoms with Crippen molar-refractivity contribution in [3.8, 4) is 5.75 Å². The van der Waals surface area contributed by atoms with E-state index in [9.17, 15) is 9.59 Å². The molecule has 6 heteroatoms. The molecule has 1 N–H and O–H groups in total. The van der Waals surface area contributed by atoms with Crippen LogP contribution in [0.4, 0.5) is 10.5 Å². The van der Waals surface area contributed by atoms with Crippen molar-refractivity contribution in [1.29, 1.82) is 0 Å². The average molecular weight is 322 g/mol. The summed E-state index contributed by atoms with van der Waals surface area (Å²) in [4.78, 5) is 25.0. The van der Waals surface area contributed by atoms with E-state index < -0.39 is 11.7 Å². The minimum Gasteiger partial charge on any atom is -0.494 e. The molecule has 0 heterocycles. The van der Waals surface area contributed by atoms with Crippen molar-refractivity contribution in [2.24, 2.45) is 0 Å². The van der Waals surface area contributed by atoms with E-state index in [2.05, 4.69) is 5.32 Å². The minimum atomic E-state index is -0.542. The van der Waals surface area contributed by atoms with E-state index in [-0.39, 0.29) is 5.91 Å². The first-order valence-corrected chi connectivity index (χ1v) is 7.70. The molecule has 0 aliphatic rings. The number of carbonyl (C=O) groups excluding carboxylic acids is 2. The highest BCUT2D eigenvalue weighted by molar-refractivity contribution is 5.91. The monoisotopic (exact) mass is 322 g/mol. The Bertz CT molecular complexity index is 520. The van der Waals surface area contributed by atoms with Gasteiger partial charge in [0.2, 0.25) is 5.91 Å². The number of nitrogens with one attached hydrogen (secondary N) is 1. The van der Waals surface area contributed by atoms with Crippen molar-refractivity contribution in [2.45, 2.75) is 40.2 Å². The predicted octanol–water partition coefficient (Wildman–Crippen LogP) is 2.96. The van der Waals surface area contributed by atoms with Crippen LogP contribution in [0, 0.1) is 0 Å². The number of alkyl carbamates (subject to hydrolysis) is 1. The first-order valence-electron chi connectivity index (χ1n) is 7.70. The third-order valence-corrected chi connectivity index (χ3v) is 2.84. The molecule has 0 aliphatic carbocycles. The van der Waals surface area contributed by atoms with Crippen LogP contribution in [0.3, 0.4) is 0 Å². The van der Waals surface area contributed by atoms with E-state index in [1.807, 2.05) is 31.2 Å². The highest BCUT2D eigenvalue weighted by Gasteiger charge is 2.17. The normalized spacial score (nSPS) is 10.8. The van der Waals surface area contributed by atoms with E-state index in [1.54, 1.807) is 25.7 Å². The van der Waals surface area contributed by atoms with Crippen molar-refractivity contribution < 1.29 is 19.1 Å². The summed E-state index contributed by atoms with van der Waals surface area (Å²) in [5, 5.41) is 2.65. The lowest BCUT2D eigenvalue weighted by molar-refractivity contribution is -0.116. The number of amides is 2. The van der Waals surface area contributed by atoms with E-state index in [1.165, 1.54) is 6.92 Å². The van der Waals surface area contributed by atoms with Crippen LogP contribution in [-0.4, -0.2) is 37.3 Å². The van der Waals surface area contributed by atoms with Gasteiger partial charge >= 0.3 is 6.09 Å². The van der Waals surface area contributed by atoms with Gasteiger partial charge in [0.1, 0.15) is 11.4 Å². The second kappa shape index (κ2) is 8.41. The fourth-order valence-corrected chi connectivity index (χ4v) is 1.94. The van der Waals surface area contributed by atoms with Crippen LogP contribution >= 0.6 is 0 Å². The zero-order chi connectivity index (χ0) is 17.5. The van der Waals surface area contributed by atoms with Crippen molar-refractivity contribution in [3.05, 3.63) is 24.3 Å². The van der Waals surface area contributed by atoms with Gasteiger partial charge < -0.3 is 19.7 Å². The van der Waals surface area contributed by atoms with Crippen LogP contribution in [0.1, 0.15) is 34.6 Å². The second-order valence-corrected chi connectivity index (χ2v) is 6.03. The summed E-state index contributed by atoms with van der Waals surface area (Å²) in [6, 6.07) is 7.27. The molecule has 1 rings (SSSR count). The lowest BCUT2D eigenvalue weighted by Gasteiger charge is -2.23. The van der Waals surface area contributed by atoms with Crippen molar-refractivity contribution in [3.63, 3.8) is 0 Å². The number of benzene rings is 1. The molecular weight excluding hydrogens is 296 g/mol. The van der Waals surface area contributed by atoms with Crippen LogP contribution in [0.2, 0.25) is 0 Å². The summed E-state index contributed by atoms with van der Waals surface area (Å²) in [7, 11) is 0. The smallest absolute Gasteiger partial charge is 0.407 e. The minimum absolute atomic E-state index is 0.0971. The lowest BCUT2D eigenvalue weighted by Crippen LogP contribution is -2.39. The quantitative estimate of drug-likeness (QED) is 0.874. The molecule has 0 fully saturated rings. The summed E-state index contributed by atoms with van der Waals surface area (Å²) in [5.41, 5.74) is 0.214. The molecule has 1 aromatic carbocycles. The Kier molecular flexibility index (Phi) is 6.88. The predicted molar refractivity (Wildman–Crippen MR) is 89.9 cm³/mol. The maximum Gasteiger partial charge on any atom is 0.407 e. The molecule has 23 heavy (non-hydrogen) atoms. The molecule has 0 aliphatic heterocycles. The van der Waals surface area contributed by atoms with Gasteiger partial charge in [0, 0.05) is 25.7 Å². The van der Waals surface area contributed by atoms with Gasteiger partial charge in [0.05, 0.1) is 6.61 Å². The fraction of sp³-hybridized carbons (Fsp3) is 0.529. The van der Waals surface area contributed by atoms with Gasteiger partial charge in [-0.1, -0.05) is 0 Å². The Balaban J connectivity index is 2.59. The molecule has 1 aromatic rings. The third kappa shape index (κ3) is 7.04. The van der Waals surface area contributed by atoms with Gasteiger partial charge in [0.25, 0.3) is 0 Å². The molecule has 0 saturated carbocycles. The fourth-order valence-electron chi connectivity index (χ4n) is 1.94. The first-order chi connectivity index (χ1) is 10.7. The number of hydrogen-bond donors (Lipinski definition) is 1. The summed E-state index contributed by atoms with van der Waals surface area (Å²) >= 11 is 0. The maximum absolute atomic E-state index is 11.8. The molecule has 128 valence electrons. The van der Waals surface area contributed by atoms with Crippen molar-refractivity contribution >= 4 is 17.7 Å². The highest BCUT2D eigenvalue weighted by atomic mass is 16.6. The number of ether oxygens (including phenoxy) is 2. The zero-order valence-electron chi connectivity index (χ0n) is 14.5. The summed E-state index contributed by atoms with van der Waals surface area (Å²) < 4.78 is 10.5. The average Bonchev–Trinajstić information content (AvgIpc) is 2.43. The van der Waals surface area contributed by atoms with Gasteiger partial charge in [-0.15, -0.1) is 0 Å². The van der Waals surface area contributed by atoms with Crippen molar-refractivity contribution in [2.75, 3.05) is 24.6 Å². The van der Waals surface area contributed by atoms with E-state index >= 15 is 0 Å². The summed E-state index contributed by atoms with van der Waals surface area (Å²) in [6.07, 6.45) is -0.493. The van der Waals surface area contributed by atoms with Gasteiger partial charge in [-0.05, 0) is 52.0 Å². The zero-order valence-corrected chi connectivity index (χ0v) is 14.5. The van der Waals surface area contributed by atoms with Gasteiger partial charge in [-0.2, -0.15) is 0 Å².